The van der Waals surface area contributed by atoms with Crippen LogP contribution in [0.1, 0.15) is 37.1 Å². The average Bonchev–Trinajstić information content (AvgIpc) is 3.10. The molecule has 4 rings (SSSR count). The number of rotatable bonds is 6. The van der Waals surface area contributed by atoms with Crippen LogP contribution in [0.4, 0.5) is 5.13 Å². The van der Waals surface area contributed by atoms with E-state index in [1.807, 2.05) is 13.8 Å². The van der Waals surface area contributed by atoms with Crippen LogP contribution in [0.2, 0.25) is 0 Å². The molecule has 1 aromatic carbocycles. The minimum Gasteiger partial charge on any atom is -0.487 e. The zero-order valence-corrected chi connectivity index (χ0v) is 18.6. The van der Waals surface area contributed by atoms with Gasteiger partial charge in [-0.1, -0.05) is 0 Å². The van der Waals surface area contributed by atoms with Gasteiger partial charge in [0.2, 0.25) is 0 Å². The minimum absolute atomic E-state index is 0.217. The Balaban J connectivity index is 1.58. The van der Waals surface area contributed by atoms with Crippen LogP contribution >= 0.6 is 11.3 Å². The van der Waals surface area contributed by atoms with Gasteiger partial charge in [-0.3, -0.25) is 14.9 Å². The van der Waals surface area contributed by atoms with Crippen molar-refractivity contribution in [2.24, 2.45) is 0 Å². The molecule has 9 nitrogen and oxygen atoms in total. The van der Waals surface area contributed by atoms with Crippen molar-refractivity contribution in [3.05, 3.63) is 44.8 Å². The van der Waals surface area contributed by atoms with E-state index in [1.165, 1.54) is 6.07 Å². The average molecular weight is 458 g/mol. The molecule has 0 aliphatic carbocycles. The summed E-state index contributed by atoms with van der Waals surface area (Å²) < 4.78 is 17.4. The van der Waals surface area contributed by atoms with E-state index < -0.39 is 17.5 Å². The predicted molar refractivity (Wildman–Crippen MR) is 118 cm³/mol. The summed E-state index contributed by atoms with van der Waals surface area (Å²) in [5.41, 5.74) is 1.43. The van der Waals surface area contributed by atoms with E-state index in [0.717, 1.165) is 23.3 Å². The number of ether oxygens (including phenoxy) is 2. The maximum atomic E-state index is 12.4. The van der Waals surface area contributed by atoms with Crippen LogP contribution in [-0.4, -0.2) is 34.2 Å². The second-order valence-corrected chi connectivity index (χ2v) is 9.08. The molecule has 0 bridgehead atoms. The van der Waals surface area contributed by atoms with Crippen molar-refractivity contribution < 1.29 is 28.6 Å². The summed E-state index contributed by atoms with van der Waals surface area (Å²) in [5, 5.41) is 13.9. The second kappa shape index (κ2) is 8.27. The number of carbonyl (C=O) groups excluding carboxylic acids is 1. The molecule has 1 aliphatic rings. The number of carboxylic acids is 1. The molecular formula is C22H22N2O7S. The normalized spacial score (nSPS) is 14.5. The van der Waals surface area contributed by atoms with Gasteiger partial charge in [0.15, 0.2) is 11.7 Å². The van der Waals surface area contributed by atoms with Crippen LogP contribution in [0.15, 0.2) is 26.7 Å². The monoisotopic (exact) mass is 458 g/mol. The number of fused-ring (bicyclic) bond motifs is 3. The summed E-state index contributed by atoms with van der Waals surface area (Å²) in [4.78, 5) is 39.3. The lowest BCUT2D eigenvalue weighted by molar-refractivity contribution is -0.136. The van der Waals surface area contributed by atoms with Crippen molar-refractivity contribution in [2.45, 2.75) is 45.6 Å². The molecule has 2 N–H and O–H groups in total. The number of hydrogen-bond donors (Lipinski definition) is 2. The van der Waals surface area contributed by atoms with E-state index in [1.54, 1.807) is 18.4 Å². The summed E-state index contributed by atoms with van der Waals surface area (Å²) in [6.07, 6.45) is 1.24. The highest BCUT2D eigenvalue weighted by atomic mass is 32.1. The highest BCUT2D eigenvalue weighted by Gasteiger charge is 2.30. The number of aliphatic carboxylic acids is 1. The molecule has 0 atom stereocenters. The summed E-state index contributed by atoms with van der Waals surface area (Å²) in [5.74, 6) is -0.513. The fourth-order valence-electron chi connectivity index (χ4n) is 3.63. The highest BCUT2D eigenvalue weighted by molar-refractivity contribution is 7.13. The Morgan fingerprint density at radius 1 is 1.34 bits per heavy atom. The van der Waals surface area contributed by atoms with Crippen molar-refractivity contribution in [3.63, 3.8) is 0 Å². The minimum atomic E-state index is -0.997. The van der Waals surface area contributed by atoms with Gasteiger partial charge in [-0.15, -0.1) is 11.3 Å². The van der Waals surface area contributed by atoms with Crippen LogP contribution in [-0.2, 0) is 22.4 Å². The van der Waals surface area contributed by atoms with E-state index >= 15 is 0 Å². The number of thiazole rings is 1. The molecule has 1 aliphatic heterocycles. The quantitative estimate of drug-likeness (QED) is 0.539. The van der Waals surface area contributed by atoms with Gasteiger partial charge in [-0.25, -0.2) is 9.78 Å². The predicted octanol–water partition coefficient (Wildman–Crippen LogP) is 3.31. The van der Waals surface area contributed by atoms with Gasteiger partial charge >= 0.3 is 11.6 Å². The van der Waals surface area contributed by atoms with Crippen LogP contribution in [0.3, 0.4) is 0 Å². The standard InChI is InChI=1S/C22H22N2O7S/c1-11-6-18(28)30-20-13-4-5-22(2,3)31-14(13)8-15(19(11)20)29-9-16(25)24-21-23-12(10-32-21)7-17(26)27/h6,8,10H,4-5,7,9H2,1-3H3,(H,26,27)(H,23,24,25). The summed E-state index contributed by atoms with van der Waals surface area (Å²) in [6.45, 7) is 5.43. The zero-order chi connectivity index (χ0) is 23.0. The first kappa shape index (κ1) is 21.8. The molecule has 0 fully saturated rings. The number of aryl methyl sites for hydroxylation is 2. The molecule has 32 heavy (non-hydrogen) atoms. The fourth-order valence-corrected chi connectivity index (χ4v) is 4.36. The van der Waals surface area contributed by atoms with E-state index in [4.69, 9.17) is 19.0 Å². The first-order valence-corrected chi connectivity index (χ1v) is 10.9. The van der Waals surface area contributed by atoms with Crippen LogP contribution < -0.4 is 20.4 Å². The number of aromatic nitrogens is 1. The summed E-state index contributed by atoms with van der Waals surface area (Å²) in [6, 6.07) is 3.11. The molecule has 0 spiro atoms. The summed E-state index contributed by atoms with van der Waals surface area (Å²) >= 11 is 1.13. The topological polar surface area (TPSA) is 128 Å². The highest BCUT2D eigenvalue weighted by Crippen LogP contribution is 2.42. The van der Waals surface area contributed by atoms with Gasteiger partial charge in [0.1, 0.15) is 22.7 Å². The van der Waals surface area contributed by atoms with Crippen molar-refractivity contribution in [2.75, 3.05) is 11.9 Å². The third-order valence-corrected chi connectivity index (χ3v) is 5.90. The van der Waals surface area contributed by atoms with Crippen molar-refractivity contribution in [1.29, 1.82) is 0 Å². The molecular weight excluding hydrogens is 436 g/mol. The largest absolute Gasteiger partial charge is 0.487 e. The number of amides is 1. The molecule has 0 radical (unpaired) electrons. The van der Waals surface area contributed by atoms with Crippen LogP contribution in [0, 0.1) is 6.92 Å². The number of benzene rings is 1. The molecule has 2 aromatic heterocycles. The maximum Gasteiger partial charge on any atom is 0.336 e. The number of nitrogens with zero attached hydrogens (tertiary/aromatic N) is 1. The van der Waals surface area contributed by atoms with Crippen molar-refractivity contribution >= 4 is 39.3 Å². The second-order valence-electron chi connectivity index (χ2n) is 8.22. The van der Waals surface area contributed by atoms with E-state index in [2.05, 4.69) is 10.3 Å². The van der Waals surface area contributed by atoms with Gasteiger partial charge in [0, 0.05) is 23.1 Å². The van der Waals surface area contributed by atoms with E-state index in [0.29, 0.717) is 40.1 Å². The Morgan fingerprint density at radius 3 is 2.88 bits per heavy atom. The van der Waals surface area contributed by atoms with E-state index in [-0.39, 0.29) is 23.8 Å². The van der Waals surface area contributed by atoms with Crippen LogP contribution in [0.25, 0.3) is 11.0 Å². The Morgan fingerprint density at radius 2 is 2.12 bits per heavy atom. The van der Waals surface area contributed by atoms with Gasteiger partial charge in [0.05, 0.1) is 17.5 Å². The molecule has 10 heteroatoms. The zero-order valence-electron chi connectivity index (χ0n) is 17.8. The molecule has 168 valence electrons. The smallest absolute Gasteiger partial charge is 0.336 e. The first-order chi connectivity index (χ1) is 15.1. The van der Waals surface area contributed by atoms with E-state index in [9.17, 15) is 14.4 Å². The Hall–Kier alpha value is -3.40. The molecule has 0 saturated heterocycles. The van der Waals surface area contributed by atoms with Crippen LogP contribution in [0.5, 0.6) is 11.5 Å². The lowest BCUT2D eigenvalue weighted by Gasteiger charge is -2.33. The number of nitrogens with one attached hydrogen (secondary N) is 1. The van der Waals surface area contributed by atoms with Gasteiger partial charge in [0.25, 0.3) is 5.91 Å². The first-order valence-electron chi connectivity index (χ1n) is 9.99. The number of carboxylic acid groups (broad SMARTS) is 1. The Kier molecular flexibility index (Phi) is 5.64. The molecule has 1 amide bonds. The van der Waals surface area contributed by atoms with Gasteiger partial charge in [-0.05, 0) is 39.2 Å². The summed E-state index contributed by atoms with van der Waals surface area (Å²) in [7, 11) is 0. The van der Waals surface area contributed by atoms with Crippen molar-refractivity contribution in [1.82, 2.24) is 4.98 Å². The lowest BCUT2D eigenvalue weighted by Crippen LogP contribution is -2.32. The fraction of sp³-hybridized carbons (Fsp3) is 0.364. The number of anilines is 1. The Bertz CT molecular complexity index is 1280. The lowest BCUT2D eigenvalue weighted by atomic mass is 9.92. The maximum absolute atomic E-state index is 12.4. The third kappa shape index (κ3) is 4.59. The molecule has 3 heterocycles. The van der Waals surface area contributed by atoms with Crippen molar-refractivity contribution in [3.8, 4) is 11.5 Å². The van der Waals surface area contributed by atoms with Gasteiger partial charge in [-0.2, -0.15) is 0 Å². The Labute approximate surface area is 187 Å². The number of carbonyl (C=O) groups is 2. The number of hydrogen-bond acceptors (Lipinski definition) is 8. The molecule has 0 unspecified atom stereocenters. The molecule has 3 aromatic rings. The third-order valence-electron chi connectivity index (χ3n) is 5.09. The van der Waals surface area contributed by atoms with Gasteiger partial charge < -0.3 is 19.0 Å². The SMILES string of the molecule is Cc1cc(=O)oc2c3c(cc(OCC(=O)Nc4nc(CC(=O)O)cs4)c12)OC(C)(C)CC3. The molecule has 0 saturated carbocycles.